The average molecular weight is 234 g/mol. The van der Waals surface area contributed by atoms with Crippen molar-refractivity contribution < 1.29 is 0 Å². The molecule has 2 saturated carbocycles. The summed E-state index contributed by atoms with van der Waals surface area (Å²) in [6.07, 6.45) is 0.917. The smallest absolute Gasteiger partial charge is 0.0975 e. The Morgan fingerprint density at radius 3 is 1.18 bits per heavy atom. The van der Waals surface area contributed by atoms with E-state index in [-0.39, 0.29) is 10.8 Å². The molecule has 0 heterocycles. The van der Waals surface area contributed by atoms with E-state index in [0.29, 0.717) is 0 Å². The maximum atomic E-state index is 5.97. The monoisotopic (exact) mass is 232 g/mol. The fourth-order valence-corrected chi connectivity index (χ4v) is 4.67. The zero-order valence-corrected chi connectivity index (χ0v) is 9.24. The molecule has 0 aromatic rings. The second-order valence-corrected chi connectivity index (χ2v) is 6.77. The second-order valence-electron chi connectivity index (χ2n) is 4.11. The molecule has 0 aliphatic heterocycles. The van der Waals surface area contributed by atoms with Crippen molar-refractivity contribution in [1.29, 1.82) is 0 Å². The van der Waals surface area contributed by atoms with Crippen LogP contribution in [0.2, 0.25) is 0 Å². The molecule has 2 aliphatic carbocycles. The molecule has 0 aromatic heterocycles. The molecule has 0 N–H and O–H groups in total. The summed E-state index contributed by atoms with van der Waals surface area (Å²) in [6, 6.07) is 0. The van der Waals surface area contributed by atoms with Gasteiger partial charge in [0.1, 0.15) is 0 Å². The van der Waals surface area contributed by atoms with Crippen molar-refractivity contribution in [2.24, 2.45) is 10.8 Å². The van der Waals surface area contributed by atoms with Gasteiger partial charge in [-0.2, -0.15) is 0 Å². The third-order valence-corrected chi connectivity index (χ3v) is 5.95. The minimum absolute atomic E-state index is 0.0972. The van der Waals surface area contributed by atoms with Gasteiger partial charge in [-0.1, -0.05) is 60.3 Å². The van der Waals surface area contributed by atoms with Gasteiger partial charge in [0, 0.05) is 5.41 Å². The number of rotatable bonds is 0. The Morgan fingerprint density at radius 2 is 1.18 bits per heavy atom. The van der Waals surface area contributed by atoms with Crippen molar-refractivity contribution in [1.82, 2.24) is 0 Å². The van der Waals surface area contributed by atoms with Gasteiger partial charge in [-0.05, 0) is 11.8 Å². The molecule has 2 rings (SSSR count). The van der Waals surface area contributed by atoms with Crippen LogP contribution in [0, 0.1) is 10.8 Å². The summed E-state index contributed by atoms with van der Waals surface area (Å²) in [5, 5.41) is 0. The molecule has 0 aromatic carbocycles. The molecular formula is C7H8Cl4. The lowest BCUT2D eigenvalue weighted by molar-refractivity contribution is 0.544. The highest BCUT2D eigenvalue weighted by atomic mass is 35.5. The first-order valence-electron chi connectivity index (χ1n) is 3.46. The number of hydrogen-bond acceptors (Lipinski definition) is 0. The van der Waals surface area contributed by atoms with E-state index in [0.717, 1.165) is 6.42 Å². The van der Waals surface area contributed by atoms with E-state index >= 15 is 0 Å². The Balaban J connectivity index is 2.38. The number of hydrogen-bond donors (Lipinski definition) is 0. The molecule has 1 spiro atoms. The van der Waals surface area contributed by atoms with E-state index in [1.165, 1.54) is 0 Å². The molecule has 0 amide bonds. The standard InChI is InChI=1S/C7H8Cl4/c1-4(2)3-5(4)6(8,9)7(5,10)11/h3H2,1-2H3. The lowest BCUT2D eigenvalue weighted by atomic mass is 10.1. The maximum Gasteiger partial charge on any atom is 0.160 e. The summed E-state index contributed by atoms with van der Waals surface area (Å²) in [6.45, 7) is 4.16. The predicted molar refractivity (Wildman–Crippen MR) is 49.7 cm³/mol. The maximum absolute atomic E-state index is 5.97. The minimum atomic E-state index is -0.938. The highest BCUT2D eigenvalue weighted by Crippen LogP contribution is 2.94. The molecule has 0 bridgehead atoms. The third-order valence-electron chi connectivity index (χ3n) is 3.14. The topological polar surface area (TPSA) is 0 Å². The Hall–Kier alpha value is 1.16. The van der Waals surface area contributed by atoms with Crippen LogP contribution < -0.4 is 0 Å². The van der Waals surface area contributed by atoms with Crippen molar-refractivity contribution in [2.75, 3.05) is 0 Å². The van der Waals surface area contributed by atoms with E-state index in [4.69, 9.17) is 46.4 Å². The molecule has 64 valence electrons. The van der Waals surface area contributed by atoms with Crippen LogP contribution in [-0.2, 0) is 0 Å². The highest BCUT2D eigenvalue weighted by Gasteiger charge is 2.98. The molecule has 2 aliphatic rings. The van der Waals surface area contributed by atoms with E-state index in [1.54, 1.807) is 0 Å². The second kappa shape index (κ2) is 1.68. The van der Waals surface area contributed by atoms with Crippen molar-refractivity contribution in [3.8, 4) is 0 Å². The lowest BCUT2D eigenvalue weighted by Gasteiger charge is -1.99. The zero-order valence-electron chi connectivity index (χ0n) is 6.22. The first-order chi connectivity index (χ1) is 4.71. The summed E-state index contributed by atoms with van der Waals surface area (Å²) in [4.78, 5) is 0. The van der Waals surface area contributed by atoms with Gasteiger partial charge in [0.25, 0.3) is 0 Å². The number of alkyl halides is 4. The van der Waals surface area contributed by atoms with Crippen LogP contribution in [0.5, 0.6) is 0 Å². The van der Waals surface area contributed by atoms with E-state index in [9.17, 15) is 0 Å². The van der Waals surface area contributed by atoms with E-state index < -0.39 is 8.67 Å². The van der Waals surface area contributed by atoms with Crippen molar-refractivity contribution in [3.05, 3.63) is 0 Å². The Kier molecular flexibility index (Phi) is 1.34. The fraction of sp³-hybridized carbons (Fsp3) is 1.00. The van der Waals surface area contributed by atoms with Crippen molar-refractivity contribution in [2.45, 2.75) is 28.9 Å². The minimum Gasteiger partial charge on any atom is -0.0975 e. The average Bonchev–Trinajstić information content (AvgIpc) is 2.43. The van der Waals surface area contributed by atoms with Crippen LogP contribution in [0.25, 0.3) is 0 Å². The Bertz CT molecular complexity index is 215. The molecular weight excluding hydrogens is 226 g/mol. The van der Waals surface area contributed by atoms with E-state index in [2.05, 4.69) is 13.8 Å². The van der Waals surface area contributed by atoms with Gasteiger partial charge in [-0.15, -0.1) is 0 Å². The normalized spacial score (nSPS) is 38.7. The van der Waals surface area contributed by atoms with Crippen LogP contribution in [0.15, 0.2) is 0 Å². The lowest BCUT2D eigenvalue weighted by Crippen LogP contribution is -1.97. The molecule has 0 saturated heterocycles. The molecule has 0 nitrogen and oxygen atoms in total. The van der Waals surface area contributed by atoms with Gasteiger partial charge in [-0.3, -0.25) is 0 Å². The Labute approximate surface area is 86.1 Å². The van der Waals surface area contributed by atoms with Crippen LogP contribution in [-0.4, -0.2) is 8.67 Å². The first-order valence-corrected chi connectivity index (χ1v) is 4.97. The molecule has 0 radical (unpaired) electrons. The summed E-state index contributed by atoms with van der Waals surface area (Å²) < 4.78 is -1.88. The van der Waals surface area contributed by atoms with Gasteiger partial charge < -0.3 is 0 Å². The molecule has 0 unspecified atom stereocenters. The van der Waals surface area contributed by atoms with Crippen LogP contribution in [0.4, 0.5) is 0 Å². The quantitative estimate of drug-likeness (QED) is 0.559. The van der Waals surface area contributed by atoms with E-state index in [1.807, 2.05) is 0 Å². The van der Waals surface area contributed by atoms with Gasteiger partial charge in [-0.25, -0.2) is 0 Å². The summed E-state index contributed by atoms with van der Waals surface area (Å²) >= 11 is 23.9. The van der Waals surface area contributed by atoms with Gasteiger partial charge in [0.2, 0.25) is 0 Å². The van der Waals surface area contributed by atoms with Gasteiger partial charge in [0.15, 0.2) is 8.67 Å². The van der Waals surface area contributed by atoms with Gasteiger partial charge in [0.05, 0.1) is 0 Å². The van der Waals surface area contributed by atoms with Crippen molar-refractivity contribution in [3.63, 3.8) is 0 Å². The largest absolute Gasteiger partial charge is 0.160 e. The van der Waals surface area contributed by atoms with Gasteiger partial charge >= 0.3 is 0 Å². The Morgan fingerprint density at radius 1 is 0.909 bits per heavy atom. The molecule has 2 fully saturated rings. The zero-order chi connectivity index (χ0) is 8.71. The fourth-order valence-electron chi connectivity index (χ4n) is 2.16. The van der Waals surface area contributed by atoms with Crippen LogP contribution >= 0.6 is 46.4 Å². The summed E-state index contributed by atoms with van der Waals surface area (Å²) in [5.41, 5.74) is -0.154. The summed E-state index contributed by atoms with van der Waals surface area (Å²) in [5.74, 6) is 0. The predicted octanol–water partition coefficient (Wildman–Crippen LogP) is 3.76. The third kappa shape index (κ3) is 0.611. The highest BCUT2D eigenvalue weighted by molar-refractivity contribution is 6.69. The molecule has 11 heavy (non-hydrogen) atoms. The number of halogens is 4. The van der Waals surface area contributed by atoms with Crippen LogP contribution in [0.1, 0.15) is 20.3 Å². The van der Waals surface area contributed by atoms with Crippen LogP contribution in [0.3, 0.4) is 0 Å². The molecule has 0 atom stereocenters. The van der Waals surface area contributed by atoms with Crippen molar-refractivity contribution >= 4 is 46.4 Å². The summed E-state index contributed by atoms with van der Waals surface area (Å²) in [7, 11) is 0. The molecule has 4 heteroatoms. The first kappa shape index (κ1) is 8.74. The SMILES string of the molecule is CC1(C)CC12C(Cl)(Cl)C2(Cl)Cl.